The van der Waals surface area contributed by atoms with Crippen LogP contribution in [0, 0.1) is 0 Å². The van der Waals surface area contributed by atoms with Crippen molar-refractivity contribution >= 4 is 0 Å². The summed E-state index contributed by atoms with van der Waals surface area (Å²) in [5.74, 6) is 1.50. The minimum atomic E-state index is -0.515. The molecule has 2 atom stereocenters. The zero-order valence-electron chi connectivity index (χ0n) is 12.1. The first-order valence-corrected chi connectivity index (χ1v) is 7.11. The molecule has 5 heteroatoms. The first-order valence-electron chi connectivity index (χ1n) is 7.11. The average Bonchev–Trinajstić information content (AvgIpc) is 2.48. The Morgan fingerprint density at radius 3 is 2.70 bits per heavy atom. The highest BCUT2D eigenvalue weighted by Crippen LogP contribution is 2.34. The van der Waals surface area contributed by atoms with Gasteiger partial charge in [0, 0.05) is 19.6 Å². The third kappa shape index (κ3) is 2.61. The number of aliphatic hydroxyl groups is 1. The van der Waals surface area contributed by atoms with Crippen LogP contribution in [0.1, 0.15) is 11.7 Å². The molecule has 1 aromatic carbocycles. The summed E-state index contributed by atoms with van der Waals surface area (Å²) >= 11 is 0. The van der Waals surface area contributed by atoms with Crippen LogP contribution in [0.4, 0.5) is 0 Å². The van der Waals surface area contributed by atoms with E-state index in [4.69, 9.17) is 9.47 Å². The van der Waals surface area contributed by atoms with Gasteiger partial charge in [0.05, 0.1) is 12.1 Å². The van der Waals surface area contributed by atoms with Gasteiger partial charge in [0.15, 0.2) is 11.5 Å². The number of nitrogens with zero attached hydrogens (tertiary/aromatic N) is 2. The van der Waals surface area contributed by atoms with Crippen LogP contribution in [-0.4, -0.2) is 67.9 Å². The van der Waals surface area contributed by atoms with E-state index in [1.807, 2.05) is 18.2 Å². The molecule has 0 amide bonds. The second-order valence-corrected chi connectivity index (χ2v) is 5.66. The van der Waals surface area contributed by atoms with E-state index in [2.05, 4.69) is 23.9 Å². The standard InChI is InChI=1S/C15H22N2O3/c1-16-5-6-17(2)12(10-16)15(18)11-3-4-13-14(9-11)20-8-7-19-13/h3-4,9,12,15,18H,5-8,10H2,1-2H3. The number of rotatable bonds is 2. The monoisotopic (exact) mass is 278 g/mol. The van der Waals surface area contributed by atoms with Crippen LogP contribution >= 0.6 is 0 Å². The molecule has 110 valence electrons. The lowest BCUT2D eigenvalue weighted by Crippen LogP contribution is -2.52. The van der Waals surface area contributed by atoms with Gasteiger partial charge in [-0.25, -0.2) is 0 Å². The molecule has 2 aliphatic heterocycles. The number of piperazine rings is 1. The number of hydrogen-bond donors (Lipinski definition) is 1. The van der Waals surface area contributed by atoms with Crippen molar-refractivity contribution in [2.24, 2.45) is 0 Å². The SMILES string of the molecule is CN1CCN(C)C(C(O)c2ccc3c(c2)OCCO3)C1. The first kappa shape index (κ1) is 13.7. The van der Waals surface area contributed by atoms with Gasteiger partial charge in [0.1, 0.15) is 13.2 Å². The lowest BCUT2D eigenvalue weighted by Gasteiger charge is -2.40. The van der Waals surface area contributed by atoms with Gasteiger partial charge in [-0.2, -0.15) is 0 Å². The van der Waals surface area contributed by atoms with Gasteiger partial charge < -0.3 is 19.5 Å². The van der Waals surface area contributed by atoms with E-state index in [0.717, 1.165) is 36.7 Å². The van der Waals surface area contributed by atoms with E-state index < -0.39 is 6.10 Å². The van der Waals surface area contributed by atoms with Gasteiger partial charge in [-0.15, -0.1) is 0 Å². The number of hydrogen-bond acceptors (Lipinski definition) is 5. The summed E-state index contributed by atoms with van der Waals surface area (Å²) in [6, 6.07) is 5.83. The second-order valence-electron chi connectivity index (χ2n) is 5.66. The van der Waals surface area contributed by atoms with Crippen LogP contribution in [0.3, 0.4) is 0 Å². The topological polar surface area (TPSA) is 45.2 Å². The third-order valence-electron chi connectivity index (χ3n) is 4.17. The van der Waals surface area contributed by atoms with Crippen molar-refractivity contribution in [2.45, 2.75) is 12.1 Å². The first-order chi connectivity index (χ1) is 9.65. The molecule has 5 nitrogen and oxygen atoms in total. The number of benzene rings is 1. The third-order valence-corrected chi connectivity index (χ3v) is 4.17. The zero-order valence-corrected chi connectivity index (χ0v) is 12.1. The fourth-order valence-corrected chi connectivity index (χ4v) is 2.85. The predicted octanol–water partition coefficient (Wildman–Crippen LogP) is 0.737. The van der Waals surface area contributed by atoms with Crippen molar-refractivity contribution in [1.82, 2.24) is 9.80 Å². The van der Waals surface area contributed by atoms with Crippen molar-refractivity contribution in [3.05, 3.63) is 23.8 Å². The molecule has 3 rings (SSSR count). The zero-order chi connectivity index (χ0) is 14.1. The molecule has 0 saturated carbocycles. The van der Waals surface area contributed by atoms with E-state index in [0.29, 0.717) is 13.2 Å². The normalized spacial score (nSPS) is 25.4. The summed E-state index contributed by atoms with van der Waals surface area (Å²) in [5.41, 5.74) is 0.890. The summed E-state index contributed by atoms with van der Waals surface area (Å²) in [5, 5.41) is 10.7. The predicted molar refractivity (Wildman–Crippen MR) is 76.3 cm³/mol. The molecule has 2 heterocycles. The molecule has 2 aliphatic rings. The Labute approximate surface area is 119 Å². The van der Waals surface area contributed by atoms with E-state index in [-0.39, 0.29) is 6.04 Å². The van der Waals surface area contributed by atoms with Gasteiger partial charge in [0.25, 0.3) is 0 Å². The summed E-state index contributed by atoms with van der Waals surface area (Å²) in [6.45, 7) is 4.04. The number of ether oxygens (including phenoxy) is 2. The van der Waals surface area contributed by atoms with Crippen LogP contribution in [0.15, 0.2) is 18.2 Å². The summed E-state index contributed by atoms with van der Waals surface area (Å²) < 4.78 is 11.1. The maximum Gasteiger partial charge on any atom is 0.161 e. The number of aliphatic hydroxyl groups excluding tert-OH is 1. The molecule has 0 spiro atoms. The molecular weight excluding hydrogens is 256 g/mol. The van der Waals surface area contributed by atoms with Crippen molar-refractivity contribution in [1.29, 1.82) is 0 Å². The van der Waals surface area contributed by atoms with Crippen molar-refractivity contribution < 1.29 is 14.6 Å². The van der Waals surface area contributed by atoms with Crippen molar-refractivity contribution in [3.63, 3.8) is 0 Å². The van der Waals surface area contributed by atoms with Crippen molar-refractivity contribution in [3.8, 4) is 11.5 Å². The molecular formula is C15H22N2O3. The Kier molecular flexibility index (Phi) is 3.83. The van der Waals surface area contributed by atoms with Gasteiger partial charge in [-0.1, -0.05) is 6.07 Å². The summed E-state index contributed by atoms with van der Waals surface area (Å²) in [6.07, 6.45) is -0.515. The van der Waals surface area contributed by atoms with E-state index in [9.17, 15) is 5.11 Å². The highest BCUT2D eigenvalue weighted by Gasteiger charge is 2.30. The quantitative estimate of drug-likeness (QED) is 0.864. The van der Waals surface area contributed by atoms with Gasteiger partial charge in [-0.05, 0) is 31.8 Å². The molecule has 2 unspecified atom stereocenters. The molecule has 0 radical (unpaired) electrons. The molecule has 0 bridgehead atoms. The van der Waals surface area contributed by atoms with Crippen LogP contribution < -0.4 is 9.47 Å². The maximum absolute atomic E-state index is 10.7. The lowest BCUT2D eigenvalue weighted by molar-refractivity contribution is 0.0136. The second kappa shape index (κ2) is 5.60. The van der Waals surface area contributed by atoms with Crippen LogP contribution in [0.5, 0.6) is 11.5 Å². The van der Waals surface area contributed by atoms with E-state index in [1.54, 1.807) is 0 Å². The smallest absolute Gasteiger partial charge is 0.161 e. The molecule has 1 aromatic rings. The number of likely N-dealkylation sites (N-methyl/N-ethyl adjacent to an activating group) is 2. The maximum atomic E-state index is 10.7. The van der Waals surface area contributed by atoms with Gasteiger partial charge >= 0.3 is 0 Å². The van der Waals surface area contributed by atoms with Crippen LogP contribution in [-0.2, 0) is 0 Å². The Bertz CT molecular complexity index is 480. The molecule has 20 heavy (non-hydrogen) atoms. The van der Waals surface area contributed by atoms with Gasteiger partial charge in [-0.3, -0.25) is 4.90 Å². The number of fused-ring (bicyclic) bond motifs is 1. The Morgan fingerprint density at radius 2 is 1.90 bits per heavy atom. The molecule has 0 aromatic heterocycles. The minimum absolute atomic E-state index is 0.108. The highest BCUT2D eigenvalue weighted by atomic mass is 16.6. The fraction of sp³-hybridized carbons (Fsp3) is 0.600. The van der Waals surface area contributed by atoms with E-state index >= 15 is 0 Å². The average molecular weight is 278 g/mol. The summed E-state index contributed by atoms with van der Waals surface area (Å²) in [4.78, 5) is 4.48. The Hall–Kier alpha value is -1.30. The molecule has 1 N–H and O–H groups in total. The summed E-state index contributed by atoms with van der Waals surface area (Å²) in [7, 11) is 4.16. The Balaban J connectivity index is 1.80. The molecule has 1 saturated heterocycles. The van der Waals surface area contributed by atoms with Crippen molar-refractivity contribution in [2.75, 3.05) is 46.9 Å². The van der Waals surface area contributed by atoms with E-state index in [1.165, 1.54) is 0 Å². The Morgan fingerprint density at radius 1 is 1.15 bits per heavy atom. The fourth-order valence-electron chi connectivity index (χ4n) is 2.85. The lowest BCUT2D eigenvalue weighted by atomic mass is 9.98. The largest absolute Gasteiger partial charge is 0.486 e. The molecule has 0 aliphatic carbocycles. The molecule has 1 fully saturated rings. The van der Waals surface area contributed by atoms with Crippen LogP contribution in [0.25, 0.3) is 0 Å². The van der Waals surface area contributed by atoms with Crippen LogP contribution in [0.2, 0.25) is 0 Å². The van der Waals surface area contributed by atoms with Gasteiger partial charge in [0.2, 0.25) is 0 Å². The highest BCUT2D eigenvalue weighted by molar-refractivity contribution is 5.44. The minimum Gasteiger partial charge on any atom is -0.486 e.